The van der Waals surface area contributed by atoms with Gasteiger partial charge in [-0.3, -0.25) is 4.79 Å². The molecule has 0 aliphatic carbocycles. The number of furan rings is 1. The third-order valence-corrected chi connectivity index (χ3v) is 4.11. The van der Waals surface area contributed by atoms with Gasteiger partial charge in [0.15, 0.2) is 0 Å². The van der Waals surface area contributed by atoms with Gasteiger partial charge in [-0.05, 0) is 29.8 Å². The molecule has 6 heteroatoms. The molecule has 0 radical (unpaired) electrons. The largest absolute Gasteiger partial charge is 0.467 e. The molecule has 1 N–H and O–H groups in total. The van der Waals surface area contributed by atoms with Gasteiger partial charge in [-0.15, -0.1) is 11.8 Å². The number of halogens is 2. The second kappa shape index (κ2) is 7.62. The van der Waals surface area contributed by atoms with Gasteiger partial charge >= 0.3 is 0 Å². The first-order valence-electron chi connectivity index (χ1n) is 5.96. The van der Waals surface area contributed by atoms with Crippen LogP contribution in [0.4, 0.5) is 0 Å². The van der Waals surface area contributed by atoms with Gasteiger partial charge in [0.25, 0.3) is 0 Å². The van der Waals surface area contributed by atoms with Crippen LogP contribution >= 0.6 is 35.0 Å². The maximum atomic E-state index is 11.6. The second-order valence-electron chi connectivity index (χ2n) is 4.08. The number of benzene rings is 1. The zero-order valence-electron chi connectivity index (χ0n) is 10.6. The average molecular weight is 330 g/mol. The number of nitrogens with one attached hydrogen (secondary N) is 1. The van der Waals surface area contributed by atoms with Crippen molar-refractivity contribution in [3.63, 3.8) is 0 Å². The van der Waals surface area contributed by atoms with Gasteiger partial charge in [0.2, 0.25) is 5.91 Å². The summed E-state index contributed by atoms with van der Waals surface area (Å²) < 4.78 is 5.13. The Labute approximate surface area is 131 Å². The van der Waals surface area contributed by atoms with Crippen LogP contribution < -0.4 is 5.32 Å². The highest BCUT2D eigenvalue weighted by molar-refractivity contribution is 7.99. The molecule has 1 aromatic heterocycles. The highest BCUT2D eigenvalue weighted by Gasteiger charge is 2.05. The molecule has 2 rings (SSSR count). The van der Waals surface area contributed by atoms with Crippen LogP contribution in [0.2, 0.25) is 10.0 Å². The number of carbonyl (C=O) groups is 1. The maximum Gasteiger partial charge on any atom is 0.230 e. The summed E-state index contributed by atoms with van der Waals surface area (Å²) in [5, 5.41) is 4.02. The van der Waals surface area contributed by atoms with Crippen LogP contribution in [0.5, 0.6) is 0 Å². The molecule has 0 bridgehead atoms. The van der Waals surface area contributed by atoms with Gasteiger partial charge in [-0.1, -0.05) is 29.3 Å². The molecule has 0 fully saturated rings. The van der Waals surface area contributed by atoms with Crippen LogP contribution in [0.15, 0.2) is 41.0 Å². The zero-order valence-corrected chi connectivity index (χ0v) is 12.9. The first-order valence-corrected chi connectivity index (χ1v) is 7.87. The number of hydrogen-bond acceptors (Lipinski definition) is 3. The summed E-state index contributed by atoms with van der Waals surface area (Å²) in [6, 6.07) is 8.98. The van der Waals surface area contributed by atoms with Crippen molar-refractivity contribution in [3.05, 3.63) is 58.0 Å². The molecule has 0 saturated heterocycles. The molecule has 0 aliphatic rings. The lowest BCUT2D eigenvalue weighted by Crippen LogP contribution is -2.24. The zero-order chi connectivity index (χ0) is 14.4. The van der Waals surface area contributed by atoms with Crippen LogP contribution in [0.1, 0.15) is 11.3 Å². The van der Waals surface area contributed by atoms with Gasteiger partial charge in [0.05, 0.1) is 18.6 Å². The van der Waals surface area contributed by atoms with Gasteiger partial charge in [-0.25, -0.2) is 0 Å². The number of hydrogen-bond donors (Lipinski definition) is 1. The molecule has 0 aliphatic heterocycles. The Hall–Kier alpha value is -1.10. The Morgan fingerprint density at radius 2 is 2.15 bits per heavy atom. The number of thioether (sulfide) groups is 1. The van der Waals surface area contributed by atoms with Crippen molar-refractivity contribution in [2.75, 3.05) is 5.75 Å². The van der Waals surface area contributed by atoms with E-state index in [0.717, 1.165) is 11.3 Å². The first-order chi connectivity index (χ1) is 9.65. The number of rotatable bonds is 6. The van der Waals surface area contributed by atoms with Crippen molar-refractivity contribution in [2.24, 2.45) is 0 Å². The van der Waals surface area contributed by atoms with Crippen molar-refractivity contribution >= 4 is 40.9 Å². The molecule has 3 nitrogen and oxygen atoms in total. The van der Waals surface area contributed by atoms with Crippen molar-refractivity contribution in [2.45, 2.75) is 12.3 Å². The molecule has 1 aromatic carbocycles. The van der Waals surface area contributed by atoms with Crippen molar-refractivity contribution < 1.29 is 9.21 Å². The van der Waals surface area contributed by atoms with Crippen LogP contribution in [0.3, 0.4) is 0 Å². The molecular formula is C14H13Cl2NO2S. The predicted molar refractivity (Wildman–Crippen MR) is 83.2 cm³/mol. The van der Waals surface area contributed by atoms with Gasteiger partial charge < -0.3 is 9.73 Å². The van der Waals surface area contributed by atoms with E-state index in [1.807, 2.05) is 12.1 Å². The van der Waals surface area contributed by atoms with Crippen LogP contribution in [0, 0.1) is 0 Å². The van der Waals surface area contributed by atoms with Gasteiger partial charge in [0.1, 0.15) is 5.76 Å². The van der Waals surface area contributed by atoms with Crippen LogP contribution in [0.25, 0.3) is 0 Å². The SMILES string of the molecule is O=C(CSCc1ccc(Cl)cc1Cl)NCc1ccco1. The molecule has 0 saturated carbocycles. The Morgan fingerprint density at radius 1 is 1.30 bits per heavy atom. The molecule has 1 amide bonds. The predicted octanol–water partition coefficient (Wildman–Crippen LogP) is 4.14. The summed E-state index contributed by atoms with van der Waals surface area (Å²) in [5.41, 5.74) is 0.972. The fourth-order valence-corrected chi connectivity index (χ4v) is 2.96. The van der Waals surface area contributed by atoms with Crippen molar-refractivity contribution in [1.29, 1.82) is 0 Å². The monoisotopic (exact) mass is 329 g/mol. The highest BCUT2D eigenvalue weighted by Crippen LogP contribution is 2.24. The molecule has 0 spiro atoms. The Balaban J connectivity index is 1.71. The van der Waals surface area contributed by atoms with Gasteiger partial charge in [0, 0.05) is 15.8 Å². The van der Waals surface area contributed by atoms with E-state index < -0.39 is 0 Å². The summed E-state index contributed by atoms with van der Waals surface area (Å²) in [5.74, 6) is 1.75. The quantitative estimate of drug-likeness (QED) is 0.866. The minimum atomic E-state index is -0.0310. The van der Waals surface area contributed by atoms with E-state index in [9.17, 15) is 4.79 Å². The Morgan fingerprint density at radius 3 is 2.85 bits per heavy atom. The fourth-order valence-electron chi connectivity index (χ4n) is 1.54. The average Bonchev–Trinajstić information content (AvgIpc) is 2.92. The van der Waals surface area contributed by atoms with E-state index in [4.69, 9.17) is 27.6 Å². The topological polar surface area (TPSA) is 42.2 Å². The standard InChI is InChI=1S/C14H13Cl2NO2S/c15-11-4-3-10(13(16)6-11)8-20-9-14(18)17-7-12-2-1-5-19-12/h1-6H,7-9H2,(H,17,18). The lowest BCUT2D eigenvalue weighted by atomic mass is 10.2. The van der Waals surface area contributed by atoms with Crippen molar-refractivity contribution in [1.82, 2.24) is 5.32 Å². The molecule has 20 heavy (non-hydrogen) atoms. The van der Waals surface area contributed by atoms with E-state index in [-0.39, 0.29) is 5.91 Å². The third kappa shape index (κ3) is 4.78. The van der Waals surface area contributed by atoms with E-state index >= 15 is 0 Å². The number of amides is 1. The van der Waals surface area contributed by atoms with Crippen LogP contribution in [-0.4, -0.2) is 11.7 Å². The molecule has 2 aromatic rings. The van der Waals surface area contributed by atoms with Gasteiger partial charge in [-0.2, -0.15) is 0 Å². The number of carbonyl (C=O) groups excluding carboxylic acids is 1. The van der Waals surface area contributed by atoms with E-state index in [1.54, 1.807) is 24.5 Å². The minimum Gasteiger partial charge on any atom is -0.467 e. The lowest BCUT2D eigenvalue weighted by Gasteiger charge is -2.05. The van der Waals surface area contributed by atoms with E-state index in [1.165, 1.54) is 11.8 Å². The normalized spacial score (nSPS) is 10.5. The maximum absolute atomic E-state index is 11.6. The summed E-state index contributed by atoms with van der Waals surface area (Å²) >= 11 is 13.4. The Bertz CT molecular complexity index is 573. The summed E-state index contributed by atoms with van der Waals surface area (Å²) in [4.78, 5) is 11.6. The van der Waals surface area contributed by atoms with Crippen LogP contribution in [-0.2, 0) is 17.1 Å². The lowest BCUT2D eigenvalue weighted by molar-refractivity contribution is -0.118. The van der Waals surface area contributed by atoms with E-state index in [0.29, 0.717) is 28.1 Å². The molecule has 0 unspecified atom stereocenters. The fraction of sp³-hybridized carbons (Fsp3) is 0.214. The third-order valence-electron chi connectivity index (χ3n) is 2.55. The summed E-state index contributed by atoms with van der Waals surface area (Å²) in [6.07, 6.45) is 1.58. The first kappa shape index (κ1) is 15.3. The molecule has 1 heterocycles. The molecule has 0 atom stereocenters. The molecular weight excluding hydrogens is 317 g/mol. The minimum absolute atomic E-state index is 0.0310. The second-order valence-corrected chi connectivity index (χ2v) is 5.91. The van der Waals surface area contributed by atoms with Crippen molar-refractivity contribution in [3.8, 4) is 0 Å². The summed E-state index contributed by atoms with van der Waals surface area (Å²) in [7, 11) is 0. The summed E-state index contributed by atoms with van der Waals surface area (Å²) in [6.45, 7) is 0.411. The highest BCUT2D eigenvalue weighted by atomic mass is 35.5. The molecule has 106 valence electrons. The smallest absolute Gasteiger partial charge is 0.230 e. The van der Waals surface area contributed by atoms with E-state index in [2.05, 4.69) is 5.32 Å². The Kier molecular flexibility index (Phi) is 5.83.